The Balaban J connectivity index is 1.79. The molecule has 0 aliphatic rings. The normalized spacial score (nSPS) is 11.1. The summed E-state index contributed by atoms with van der Waals surface area (Å²) in [4.78, 5) is 15.7. The molecular formula is C21H28N4O. The van der Waals surface area contributed by atoms with Crippen LogP contribution < -0.4 is 16.0 Å². The van der Waals surface area contributed by atoms with Crippen LogP contribution in [0.3, 0.4) is 0 Å². The Morgan fingerprint density at radius 3 is 2.27 bits per heavy atom. The third-order valence-electron chi connectivity index (χ3n) is 3.84. The van der Waals surface area contributed by atoms with Gasteiger partial charge in [0.1, 0.15) is 0 Å². The maximum absolute atomic E-state index is 11.0. The summed E-state index contributed by atoms with van der Waals surface area (Å²) in [6.07, 6.45) is 1.82. The molecule has 0 aliphatic carbocycles. The van der Waals surface area contributed by atoms with Gasteiger partial charge in [-0.05, 0) is 43.0 Å². The predicted octanol–water partition coefficient (Wildman–Crippen LogP) is 2.99. The van der Waals surface area contributed by atoms with E-state index in [4.69, 9.17) is 0 Å². The van der Waals surface area contributed by atoms with Crippen molar-refractivity contribution >= 4 is 17.6 Å². The Hall–Kier alpha value is -2.82. The number of nitrogens with one attached hydrogen (secondary N) is 3. The first-order valence-electron chi connectivity index (χ1n) is 9.10. The van der Waals surface area contributed by atoms with E-state index in [1.54, 1.807) is 0 Å². The molecule has 0 radical (unpaired) electrons. The summed E-state index contributed by atoms with van der Waals surface area (Å²) in [7, 11) is 0. The van der Waals surface area contributed by atoms with Crippen molar-refractivity contribution in [3.8, 4) is 0 Å². The molecule has 0 fully saturated rings. The number of aliphatic imine (C=N–C) groups is 1. The molecule has 2 rings (SSSR count). The van der Waals surface area contributed by atoms with Crippen LogP contribution in [-0.4, -0.2) is 31.5 Å². The van der Waals surface area contributed by atoms with Crippen molar-refractivity contribution in [2.45, 2.75) is 26.7 Å². The van der Waals surface area contributed by atoms with E-state index < -0.39 is 0 Å². The lowest BCUT2D eigenvalue weighted by Gasteiger charge is -2.11. The van der Waals surface area contributed by atoms with Gasteiger partial charge < -0.3 is 16.0 Å². The van der Waals surface area contributed by atoms with Gasteiger partial charge in [0.15, 0.2) is 5.96 Å². The van der Waals surface area contributed by atoms with Crippen molar-refractivity contribution in [1.29, 1.82) is 0 Å². The second kappa shape index (κ2) is 10.9. The number of amides is 1. The lowest BCUT2D eigenvalue weighted by molar-refractivity contribution is -0.114. The van der Waals surface area contributed by atoms with Gasteiger partial charge in [-0.2, -0.15) is 0 Å². The molecule has 138 valence electrons. The Morgan fingerprint density at radius 2 is 1.62 bits per heavy atom. The number of hydrogen-bond donors (Lipinski definition) is 3. The van der Waals surface area contributed by atoms with E-state index in [0.717, 1.165) is 37.6 Å². The minimum absolute atomic E-state index is 0.0563. The van der Waals surface area contributed by atoms with Crippen molar-refractivity contribution in [2.24, 2.45) is 4.99 Å². The fourth-order valence-electron chi connectivity index (χ4n) is 2.57. The molecule has 0 saturated heterocycles. The van der Waals surface area contributed by atoms with E-state index in [0.29, 0.717) is 6.54 Å². The van der Waals surface area contributed by atoms with Crippen molar-refractivity contribution in [2.75, 3.05) is 25.0 Å². The van der Waals surface area contributed by atoms with E-state index in [9.17, 15) is 4.79 Å². The minimum atomic E-state index is -0.0563. The first kappa shape index (κ1) is 19.5. The number of carbonyl (C=O) groups is 1. The molecule has 5 nitrogen and oxygen atoms in total. The highest BCUT2D eigenvalue weighted by Gasteiger charge is 1.99. The van der Waals surface area contributed by atoms with Crippen molar-refractivity contribution in [3.63, 3.8) is 0 Å². The van der Waals surface area contributed by atoms with E-state index in [1.165, 1.54) is 18.1 Å². The van der Waals surface area contributed by atoms with Crippen LogP contribution in [0.5, 0.6) is 0 Å². The van der Waals surface area contributed by atoms with Crippen LogP contribution in [0.25, 0.3) is 0 Å². The van der Waals surface area contributed by atoms with Crippen LogP contribution in [0, 0.1) is 0 Å². The summed E-state index contributed by atoms with van der Waals surface area (Å²) in [6, 6.07) is 18.3. The van der Waals surface area contributed by atoms with E-state index >= 15 is 0 Å². The lowest BCUT2D eigenvalue weighted by Crippen LogP contribution is -2.38. The molecule has 0 atom stereocenters. The molecule has 0 bridgehead atoms. The Morgan fingerprint density at radius 1 is 0.923 bits per heavy atom. The number of carbonyl (C=O) groups excluding carboxylic acids is 1. The van der Waals surface area contributed by atoms with Crippen LogP contribution in [-0.2, 0) is 17.6 Å². The van der Waals surface area contributed by atoms with Crippen LogP contribution in [0.2, 0.25) is 0 Å². The number of benzene rings is 2. The van der Waals surface area contributed by atoms with Crippen LogP contribution in [0.15, 0.2) is 59.6 Å². The number of nitrogens with zero attached hydrogens (tertiary/aromatic N) is 1. The smallest absolute Gasteiger partial charge is 0.221 e. The first-order chi connectivity index (χ1) is 12.7. The van der Waals surface area contributed by atoms with Gasteiger partial charge in [-0.3, -0.25) is 9.79 Å². The standard InChI is InChI=1S/C21H28N4O/c1-3-22-21(23-15-13-18-7-5-4-6-8-18)24-16-14-19-9-11-20(12-10-19)25-17(2)26/h4-12H,3,13-16H2,1-2H3,(H,25,26)(H2,22,23,24). The highest BCUT2D eigenvalue weighted by Crippen LogP contribution is 2.10. The van der Waals surface area contributed by atoms with Gasteiger partial charge in [0.05, 0.1) is 0 Å². The summed E-state index contributed by atoms with van der Waals surface area (Å²) in [6.45, 7) is 5.97. The molecule has 0 unspecified atom stereocenters. The van der Waals surface area contributed by atoms with Crippen molar-refractivity contribution < 1.29 is 4.79 Å². The average molecular weight is 352 g/mol. The number of hydrogen-bond acceptors (Lipinski definition) is 2. The quantitative estimate of drug-likeness (QED) is 0.505. The summed E-state index contributed by atoms with van der Waals surface area (Å²) in [5.74, 6) is 0.789. The van der Waals surface area contributed by atoms with Gasteiger partial charge in [0, 0.05) is 32.2 Å². The fourth-order valence-corrected chi connectivity index (χ4v) is 2.57. The molecule has 0 saturated carbocycles. The third kappa shape index (κ3) is 7.38. The van der Waals surface area contributed by atoms with Gasteiger partial charge in [-0.1, -0.05) is 42.5 Å². The Bertz CT molecular complexity index is 696. The van der Waals surface area contributed by atoms with Gasteiger partial charge >= 0.3 is 0 Å². The number of anilines is 1. The van der Waals surface area contributed by atoms with E-state index in [1.807, 2.05) is 30.3 Å². The molecule has 0 spiro atoms. The third-order valence-corrected chi connectivity index (χ3v) is 3.84. The molecule has 0 aliphatic heterocycles. The molecule has 5 heteroatoms. The zero-order valence-corrected chi connectivity index (χ0v) is 15.6. The van der Waals surface area contributed by atoms with Crippen molar-refractivity contribution in [3.05, 3.63) is 65.7 Å². The summed E-state index contributed by atoms with van der Waals surface area (Å²) in [5, 5.41) is 9.43. The summed E-state index contributed by atoms with van der Waals surface area (Å²) < 4.78 is 0. The van der Waals surface area contributed by atoms with Gasteiger partial charge in [-0.15, -0.1) is 0 Å². The molecule has 0 aromatic heterocycles. The largest absolute Gasteiger partial charge is 0.357 e. The molecular weight excluding hydrogens is 324 g/mol. The highest BCUT2D eigenvalue weighted by atomic mass is 16.1. The van der Waals surface area contributed by atoms with Crippen LogP contribution in [0.4, 0.5) is 5.69 Å². The molecule has 1 amide bonds. The van der Waals surface area contributed by atoms with Gasteiger partial charge in [0.2, 0.25) is 5.91 Å². The van der Waals surface area contributed by atoms with Gasteiger partial charge in [-0.25, -0.2) is 0 Å². The predicted molar refractivity (Wildman–Crippen MR) is 109 cm³/mol. The summed E-state index contributed by atoms with van der Waals surface area (Å²) in [5.41, 5.74) is 3.33. The first-order valence-corrected chi connectivity index (χ1v) is 9.10. The molecule has 3 N–H and O–H groups in total. The zero-order chi connectivity index (χ0) is 18.6. The minimum Gasteiger partial charge on any atom is -0.357 e. The second-order valence-electron chi connectivity index (χ2n) is 6.05. The molecule has 0 heterocycles. The van der Waals surface area contributed by atoms with Gasteiger partial charge in [0.25, 0.3) is 0 Å². The monoisotopic (exact) mass is 352 g/mol. The zero-order valence-electron chi connectivity index (χ0n) is 15.6. The van der Waals surface area contributed by atoms with Crippen LogP contribution in [0.1, 0.15) is 25.0 Å². The second-order valence-corrected chi connectivity index (χ2v) is 6.05. The SMILES string of the molecule is CCNC(=NCCc1ccc(NC(C)=O)cc1)NCCc1ccccc1. The van der Waals surface area contributed by atoms with Crippen molar-refractivity contribution in [1.82, 2.24) is 10.6 Å². The Labute approximate surface area is 155 Å². The average Bonchev–Trinajstić information content (AvgIpc) is 2.63. The lowest BCUT2D eigenvalue weighted by atomic mass is 10.1. The Kier molecular flexibility index (Phi) is 8.19. The molecule has 2 aromatic carbocycles. The van der Waals surface area contributed by atoms with Crippen LogP contribution >= 0.6 is 0 Å². The topological polar surface area (TPSA) is 65.5 Å². The molecule has 2 aromatic rings. The maximum Gasteiger partial charge on any atom is 0.221 e. The van der Waals surface area contributed by atoms with E-state index in [2.05, 4.69) is 52.1 Å². The van der Waals surface area contributed by atoms with E-state index in [-0.39, 0.29) is 5.91 Å². The number of rotatable bonds is 8. The molecule has 26 heavy (non-hydrogen) atoms. The highest BCUT2D eigenvalue weighted by molar-refractivity contribution is 5.88. The fraction of sp³-hybridized carbons (Fsp3) is 0.333. The number of guanidine groups is 1. The summed E-state index contributed by atoms with van der Waals surface area (Å²) >= 11 is 0. The maximum atomic E-state index is 11.0.